The molecule has 0 atom stereocenters. The van der Waals surface area contributed by atoms with Crippen molar-refractivity contribution in [3.63, 3.8) is 0 Å². The third kappa shape index (κ3) is 5.61. The van der Waals surface area contributed by atoms with Crippen molar-refractivity contribution in [1.82, 2.24) is 0 Å². The maximum Gasteiger partial charge on any atom is 0.340 e. The molecule has 2 aromatic carbocycles. The maximum absolute atomic E-state index is 14.9. The van der Waals surface area contributed by atoms with Gasteiger partial charge in [0.15, 0.2) is 0 Å². The van der Waals surface area contributed by atoms with E-state index in [2.05, 4.69) is 18.2 Å². The summed E-state index contributed by atoms with van der Waals surface area (Å²) in [6, 6.07) is 6.31. The first-order valence-electron chi connectivity index (χ1n) is 10.6. The third-order valence-electron chi connectivity index (χ3n) is 5.86. The molecule has 0 spiro atoms. The summed E-state index contributed by atoms with van der Waals surface area (Å²) in [6.45, 7) is 4.87. The second-order valence-corrected chi connectivity index (χ2v) is 8.17. The molecular formula is C25H24F4O4. The first-order valence-corrected chi connectivity index (χ1v) is 10.6. The molecule has 1 aliphatic rings. The van der Waals surface area contributed by atoms with Crippen molar-refractivity contribution in [3.8, 4) is 5.75 Å². The van der Waals surface area contributed by atoms with E-state index in [9.17, 15) is 27.2 Å². The molecule has 176 valence electrons. The van der Waals surface area contributed by atoms with Crippen molar-refractivity contribution in [1.29, 1.82) is 0 Å². The van der Waals surface area contributed by atoms with Gasteiger partial charge in [-0.1, -0.05) is 26.3 Å². The van der Waals surface area contributed by atoms with Crippen molar-refractivity contribution in [2.45, 2.75) is 44.4 Å². The van der Waals surface area contributed by atoms with Crippen LogP contribution in [0.5, 0.6) is 5.75 Å². The first kappa shape index (κ1) is 24.5. The molecule has 1 saturated carbocycles. The highest BCUT2D eigenvalue weighted by molar-refractivity contribution is 6.02. The van der Waals surface area contributed by atoms with Crippen molar-refractivity contribution >= 4 is 11.8 Å². The second kappa shape index (κ2) is 10.2. The molecule has 0 N–H and O–H groups in total. The van der Waals surface area contributed by atoms with Crippen LogP contribution in [0.25, 0.3) is 0 Å². The average Bonchev–Trinajstić information content (AvgIpc) is 2.78. The summed E-state index contributed by atoms with van der Waals surface area (Å²) in [7, 11) is 0. The zero-order chi connectivity index (χ0) is 24.2. The summed E-state index contributed by atoms with van der Waals surface area (Å²) in [5.74, 6) is -9.18. The van der Waals surface area contributed by atoms with Crippen LogP contribution in [-0.2, 0) is 15.5 Å². The quantitative estimate of drug-likeness (QED) is 0.151. The zero-order valence-electron chi connectivity index (χ0n) is 18.1. The SMILES string of the molecule is C=CC(=O)OCOc1ccc(C(=O)C(F)(F)c2c(F)cc(C3CCC(C)CC3)cc2F)cc1. The topological polar surface area (TPSA) is 52.6 Å². The highest BCUT2D eigenvalue weighted by Crippen LogP contribution is 2.40. The van der Waals surface area contributed by atoms with Gasteiger partial charge in [0.25, 0.3) is 0 Å². The summed E-state index contributed by atoms with van der Waals surface area (Å²) in [4.78, 5) is 23.4. The average molecular weight is 464 g/mol. The lowest BCUT2D eigenvalue weighted by Gasteiger charge is -2.27. The van der Waals surface area contributed by atoms with Crippen molar-refractivity contribution in [2.75, 3.05) is 6.79 Å². The predicted molar refractivity (Wildman–Crippen MR) is 113 cm³/mol. The van der Waals surface area contributed by atoms with Crippen molar-refractivity contribution < 1.29 is 36.6 Å². The fraction of sp³-hybridized carbons (Fsp3) is 0.360. The minimum absolute atomic E-state index is 0.0955. The van der Waals surface area contributed by atoms with E-state index >= 15 is 0 Å². The number of halogens is 4. The van der Waals surface area contributed by atoms with Gasteiger partial charge in [-0.2, -0.15) is 8.78 Å². The van der Waals surface area contributed by atoms with Gasteiger partial charge >= 0.3 is 11.9 Å². The first-order chi connectivity index (χ1) is 15.6. The van der Waals surface area contributed by atoms with Crippen molar-refractivity contribution in [2.24, 2.45) is 5.92 Å². The van der Waals surface area contributed by atoms with Crippen LogP contribution in [0, 0.1) is 17.6 Å². The van der Waals surface area contributed by atoms with E-state index in [4.69, 9.17) is 4.74 Å². The molecule has 2 aromatic rings. The normalized spacial score (nSPS) is 18.5. The van der Waals surface area contributed by atoms with Gasteiger partial charge in [0.2, 0.25) is 12.6 Å². The molecule has 0 saturated heterocycles. The van der Waals surface area contributed by atoms with Crippen LogP contribution in [0.15, 0.2) is 49.1 Å². The van der Waals surface area contributed by atoms with Crippen LogP contribution < -0.4 is 4.74 Å². The summed E-state index contributed by atoms with van der Waals surface area (Å²) in [6.07, 6.45) is 4.21. The van der Waals surface area contributed by atoms with Crippen LogP contribution in [-0.4, -0.2) is 18.5 Å². The van der Waals surface area contributed by atoms with Gasteiger partial charge in [-0.3, -0.25) is 4.79 Å². The zero-order valence-corrected chi connectivity index (χ0v) is 18.1. The Hall–Kier alpha value is -3.16. The summed E-state index contributed by atoms with van der Waals surface area (Å²) < 4.78 is 68.8. The van der Waals surface area contributed by atoms with Crippen molar-refractivity contribution in [3.05, 3.63) is 77.4 Å². The van der Waals surface area contributed by atoms with Gasteiger partial charge in [-0.25, -0.2) is 13.6 Å². The lowest BCUT2D eigenvalue weighted by molar-refractivity contribution is -0.144. The molecule has 1 aliphatic carbocycles. The fourth-order valence-electron chi connectivity index (χ4n) is 3.93. The second-order valence-electron chi connectivity index (χ2n) is 8.17. The van der Waals surface area contributed by atoms with Gasteiger partial charge in [-0.15, -0.1) is 0 Å². The lowest BCUT2D eigenvalue weighted by atomic mass is 9.79. The van der Waals surface area contributed by atoms with Crippen LogP contribution >= 0.6 is 0 Å². The Morgan fingerprint density at radius 3 is 2.18 bits per heavy atom. The Morgan fingerprint density at radius 2 is 1.64 bits per heavy atom. The molecule has 0 amide bonds. The molecule has 3 rings (SSSR count). The molecule has 0 aliphatic heterocycles. The van der Waals surface area contributed by atoms with E-state index in [1.807, 2.05) is 0 Å². The minimum Gasteiger partial charge on any atom is -0.457 e. The number of carbonyl (C=O) groups excluding carboxylic acids is 2. The number of hydrogen-bond donors (Lipinski definition) is 0. The monoisotopic (exact) mass is 464 g/mol. The summed E-state index contributed by atoms with van der Waals surface area (Å²) >= 11 is 0. The van der Waals surface area contributed by atoms with E-state index in [-0.39, 0.29) is 11.7 Å². The van der Waals surface area contributed by atoms with E-state index in [1.165, 1.54) is 12.1 Å². The fourth-order valence-corrected chi connectivity index (χ4v) is 3.93. The van der Waals surface area contributed by atoms with Crippen LogP contribution in [0.3, 0.4) is 0 Å². The predicted octanol–water partition coefficient (Wildman–Crippen LogP) is 6.30. The number of carbonyl (C=O) groups is 2. The standard InChI is InChI=1S/C25H24F4O4/c1-3-22(30)33-14-32-19-10-8-17(9-11-19)24(31)25(28,29)23-20(26)12-18(13-21(23)27)16-6-4-15(2)5-7-16/h3,8-13,15-16H,1,4-7,14H2,2H3. The molecule has 0 bridgehead atoms. The molecule has 8 heteroatoms. The molecule has 4 nitrogen and oxygen atoms in total. The largest absolute Gasteiger partial charge is 0.457 e. The lowest BCUT2D eigenvalue weighted by Crippen LogP contribution is -2.29. The molecule has 1 fully saturated rings. The highest BCUT2D eigenvalue weighted by atomic mass is 19.3. The number of Topliss-reactive ketones (excluding diaryl/α,β-unsaturated/α-hetero) is 1. The highest BCUT2D eigenvalue weighted by Gasteiger charge is 2.46. The molecule has 0 heterocycles. The number of ketones is 1. The molecular weight excluding hydrogens is 440 g/mol. The van der Waals surface area contributed by atoms with Crippen LogP contribution in [0.1, 0.15) is 60.0 Å². The number of hydrogen-bond acceptors (Lipinski definition) is 4. The molecule has 0 radical (unpaired) electrons. The van der Waals surface area contributed by atoms with Gasteiger partial charge in [0.1, 0.15) is 22.9 Å². The Balaban J connectivity index is 1.76. The summed E-state index contributed by atoms with van der Waals surface area (Å²) in [5, 5.41) is 0. The Kier molecular flexibility index (Phi) is 7.56. The van der Waals surface area contributed by atoms with Crippen LogP contribution in [0.2, 0.25) is 0 Å². The number of esters is 1. The minimum atomic E-state index is -4.41. The smallest absolute Gasteiger partial charge is 0.340 e. The maximum atomic E-state index is 14.9. The van der Waals surface area contributed by atoms with Gasteiger partial charge in [-0.05, 0) is 66.6 Å². The van der Waals surface area contributed by atoms with E-state index in [0.717, 1.165) is 56.0 Å². The number of alkyl halides is 2. The Morgan fingerprint density at radius 1 is 1.06 bits per heavy atom. The van der Waals surface area contributed by atoms with E-state index < -0.39 is 47.2 Å². The number of benzene rings is 2. The van der Waals surface area contributed by atoms with Gasteiger partial charge < -0.3 is 9.47 Å². The van der Waals surface area contributed by atoms with Gasteiger partial charge in [0, 0.05) is 11.6 Å². The Bertz CT molecular complexity index is 1000. The number of ether oxygens (including phenoxy) is 2. The van der Waals surface area contributed by atoms with Crippen LogP contribution in [0.4, 0.5) is 17.6 Å². The molecule has 33 heavy (non-hydrogen) atoms. The third-order valence-corrected chi connectivity index (χ3v) is 5.86. The van der Waals surface area contributed by atoms with E-state index in [1.54, 1.807) is 0 Å². The van der Waals surface area contributed by atoms with Gasteiger partial charge in [0.05, 0.1) is 0 Å². The number of rotatable bonds is 8. The molecule has 0 aromatic heterocycles. The Labute approximate surface area is 189 Å². The molecule has 0 unspecified atom stereocenters. The van der Waals surface area contributed by atoms with E-state index in [0.29, 0.717) is 11.5 Å². The summed E-state index contributed by atoms with van der Waals surface area (Å²) in [5.41, 5.74) is -1.68.